The van der Waals surface area contributed by atoms with Crippen LogP contribution >= 0.6 is 23.2 Å². The van der Waals surface area contributed by atoms with Crippen molar-refractivity contribution in [1.29, 1.82) is 0 Å². The van der Waals surface area contributed by atoms with Gasteiger partial charge in [0.25, 0.3) is 5.56 Å². The highest BCUT2D eigenvalue weighted by Gasteiger charge is 2.50. The van der Waals surface area contributed by atoms with E-state index in [-0.39, 0.29) is 17.0 Å². The summed E-state index contributed by atoms with van der Waals surface area (Å²) in [6.45, 7) is 16.0. The van der Waals surface area contributed by atoms with Gasteiger partial charge in [0.05, 0.1) is 21.8 Å². The highest BCUT2D eigenvalue weighted by atomic mass is 35.5. The van der Waals surface area contributed by atoms with Crippen LogP contribution in [0.3, 0.4) is 0 Å². The number of benzene rings is 2. The van der Waals surface area contributed by atoms with E-state index in [0.29, 0.717) is 27.4 Å². The molecule has 2 aromatic carbocycles. The molecule has 3 aromatic rings. The van der Waals surface area contributed by atoms with Crippen LogP contribution in [0, 0.1) is 23.8 Å². The van der Waals surface area contributed by atoms with Crippen LogP contribution in [-0.2, 0) is 17.8 Å². The van der Waals surface area contributed by atoms with Crippen LogP contribution in [0.5, 0.6) is 0 Å². The van der Waals surface area contributed by atoms with Gasteiger partial charge < -0.3 is 9.45 Å². The van der Waals surface area contributed by atoms with E-state index >= 15 is 0 Å². The molecule has 1 aliphatic carbocycles. The van der Waals surface area contributed by atoms with Crippen molar-refractivity contribution in [3.8, 4) is 17.2 Å². The predicted molar refractivity (Wildman–Crippen MR) is 183 cm³/mol. The van der Waals surface area contributed by atoms with E-state index in [1.54, 1.807) is 24.3 Å². The summed E-state index contributed by atoms with van der Waals surface area (Å²) in [7, 11) is -1.52. The van der Waals surface area contributed by atoms with Crippen LogP contribution in [0.15, 0.2) is 47.3 Å². The summed E-state index contributed by atoms with van der Waals surface area (Å²) >= 11 is 11.4. The average molecular weight is 656 g/mol. The van der Waals surface area contributed by atoms with Gasteiger partial charge in [-0.2, -0.15) is 0 Å². The number of halogens is 2. The zero-order valence-electron chi connectivity index (χ0n) is 26.0. The molecule has 43 heavy (non-hydrogen) atoms. The molecule has 0 saturated carbocycles. The Kier molecular flexibility index (Phi) is 8.91. The fourth-order valence-electron chi connectivity index (χ4n) is 5.99. The Hall–Kier alpha value is -2.25. The molecule has 0 amide bonds. The minimum absolute atomic E-state index is 0.0500. The minimum atomic E-state index is -1.52. The second-order valence-electron chi connectivity index (χ2n) is 13.8. The van der Waals surface area contributed by atoms with Crippen molar-refractivity contribution >= 4 is 48.5 Å². The number of fused-ring (bicyclic) bond motifs is 1. The van der Waals surface area contributed by atoms with Gasteiger partial charge in [0.1, 0.15) is 24.5 Å². The van der Waals surface area contributed by atoms with Crippen LogP contribution in [0.1, 0.15) is 62.2 Å². The molecular weight excluding hydrogens is 615 g/mol. The third kappa shape index (κ3) is 6.73. The van der Waals surface area contributed by atoms with Crippen molar-refractivity contribution in [3.63, 3.8) is 0 Å². The molecule has 2 atom stereocenters. The number of piperidine rings is 1. The van der Waals surface area contributed by atoms with Crippen LogP contribution in [0.4, 0.5) is 5.82 Å². The Morgan fingerprint density at radius 1 is 1.12 bits per heavy atom. The second kappa shape index (κ2) is 11.9. The van der Waals surface area contributed by atoms with E-state index in [2.05, 4.69) is 58.9 Å². The van der Waals surface area contributed by atoms with E-state index in [9.17, 15) is 9.35 Å². The number of rotatable bonds is 4. The molecule has 1 fully saturated rings. The first kappa shape index (κ1) is 32.1. The van der Waals surface area contributed by atoms with Gasteiger partial charge in [-0.25, -0.2) is 4.98 Å². The number of nitrogens with zero attached hydrogens (tertiary/aromatic N) is 3. The Bertz CT molecular complexity index is 1660. The molecule has 2 aliphatic rings. The van der Waals surface area contributed by atoms with E-state index in [1.807, 2.05) is 27.7 Å². The number of aromatic nitrogens is 2. The average Bonchev–Trinajstić information content (AvgIpc) is 3.20. The summed E-state index contributed by atoms with van der Waals surface area (Å²) in [5.74, 6) is 4.63. The molecule has 228 valence electrons. The summed E-state index contributed by atoms with van der Waals surface area (Å²) < 4.78 is 18.1. The Balaban J connectivity index is 1.43. The lowest BCUT2D eigenvalue weighted by molar-refractivity contribution is 0.176. The van der Waals surface area contributed by atoms with Gasteiger partial charge in [0.2, 0.25) is 0 Å². The van der Waals surface area contributed by atoms with Gasteiger partial charge in [0.15, 0.2) is 0 Å². The number of aryl methyl sites for hydroxylation is 1. The summed E-state index contributed by atoms with van der Waals surface area (Å²) in [5.41, 5.74) is 7.24. The standard InChI is InChI=1S/C33H40Cl2N4O2SSi/c1-22-36-28(20-29(40)39(22)27-10-8-9-26(34)30(27)35)38-16-14-33(15-17-38)21-24-12-11-23(13-18-43(5,6)7)19-25(24)31(33)37-42(41)32(2,3)4/h8-12,19-20,31,37H,14-17,21H2,1-7H3/t31-,42-/m1/s1. The number of nitrogens with one attached hydrogen (secondary N) is 1. The Morgan fingerprint density at radius 3 is 2.44 bits per heavy atom. The van der Waals surface area contributed by atoms with Gasteiger partial charge in [-0.1, -0.05) is 60.9 Å². The normalized spacial score (nSPS) is 18.7. The van der Waals surface area contributed by atoms with Crippen molar-refractivity contribution in [1.82, 2.24) is 14.3 Å². The van der Waals surface area contributed by atoms with Crippen LogP contribution in [0.2, 0.25) is 29.7 Å². The molecular formula is C33H40Cl2N4O2SSi. The van der Waals surface area contributed by atoms with E-state index in [0.717, 1.165) is 37.9 Å². The lowest BCUT2D eigenvalue weighted by Crippen LogP contribution is -2.50. The molecule has 6 nitrogen and oxygen atoms in total. The first-order chi connectivity index (χ1) is 20.1. The van der Waals surface area contributed by atoms with Crippen molar-refractivity contribution in [2.24, 2.45) is 5.41 Å². The largest absolute Gasteiger partial charge is 0.598 e. The lowest BCUT2D eigenvalue weighted by atomic mass is 9.73. The fraction of sp³-hybridized carbons (Fsp3) is 0.455. The SMILES string of the molecule is Cc1nc(N2CCC3(CC2)Cc2ccc(C#C[Si](C)(C)C)cc2[C@H]3N[S@+]([O-])C(C)(C)C)cc(=O)n1-c1cccc(Cl)c1Cl. The maximum atomic E-state index is 13.5. The smallest absolute Gasteiger partial charge is 0.260 e. The molecule has 0 bridgehead atoms. The molecule has 10 heteroatoms. The summed E-state index contributed by atoms with van der Waals surface area (Å²) in [6, 6.07) is 13.3. The third-order valence-corrected chi connectivity index (χ3v) is 11.5. The van der Waals surface area contributed by atoms with Gasteiger partial charge in [-0.15, -0.1) is 10.3 Å². The highest BCUT2D eigenvalue weighted by molar-refractivity contribution is 7.90. The summed E-state index contributed by atoms with van der Waals surface area (Å²) in [6.07, 6.45) is 2.67. The number of hydrogen-bond acceptors (Lipinski definition) is 5. The third-order valence-electron chi connectivity index (χ3n) is 8.30. The molecule has 1 saturated heterocycles. The van der Waals surface area contributed by atoms with Crippen LogP contribution in [-0.4, -0.2) is 40.0 Å². The van der Waals surface area contributed by atoms with Gasteiger partial charge in [0, 0.05) is 41.5 Å². The van der Waals surface area contributed by atoms with E-state index < -0.39 is 24.2 Å². The van der Waals surface area contributed by atoms with Gasteiger partial charge in [-0.05, 0) is 82.3 Å². The van der Waals surface area contributed by atoms with Crippen molar-refractivity contribution in [2.75, 3.05) is 18.0 Å². The molecule has 1 aliphatic heterocycles. The van der Waals surface area contributed by atoms with E-state index in [4.69, 9.17) is 28.2 Å². The zero-order chi connectivity index (χ0) is 31.3. The maximum Gasteiger partial charge on any atom is 0.260 e. The van der Waals surface area contributed by atoms with Crippen LogP contribution < -0.4 is 15.2 Å². The molecule has 1 aromatic heterocycles. The fourth-order valence-corrected chi connectivity index (χ4v) is 7.84. The molecule has 5 rings (SSSR count). The van der Waals surface area contributed by atoms with Crippen molar-refractivity contribution < 1.29 is 4.55 Å². The van der Waals surface area contributed by atoms with Crippen LogP contribution in [0.25, 0.3) is 5.69 Å². The Labute approximate surface area is 269 Å². The number of hydrogen-bond donors (Lipinski definition) is 1. The van der Waals surface area contributed by atoms with Crippen molar-refractivity contribution in [2.45, 2.75) is 77.4 Å². The van der Waals surface area contributed by atoms with Gasteiger partial charge in [-0.3, -0.25) is 9.36 Å². The molecule has 1 N–H and O–H groups in total. The topological polar surface area (TPSA) is 73.2 Å². The molecule has 0 unspecified atom stereocenters. The predicted octanol–water partition coefficient (Wildman–Crippen LogP) is 7.01. The summed E-state index contributed by atoms with van der Waals surface area (Å²) in [5, 5.41) is 0.713. The van der Waals surface area contributed by atoms with Crippen molar-refractivity contribution in [3.05, 3.63) is 85.4 Å². The Morgan fingerprint density at radius 2 is 1.81 bits per heavy atom. The maximum absolute atomic E-state index is 13.5. The van der Waals surface area contributed by atoms with E-state index in [1.165, 1.54) is 15.7 Å². The summed E-state index contributed by atoms with van der Waals surface area (Å²) in [4.78, 5) is 20.3. The molecule has 0 radical (unpaired) electrons. The first-order valence-corrected chi connectivity index (χ1v) is 20.1. The number of anilines is 1. The molecule has 1 spiro atoms. The lowest BCUT2D eigenvalue weighted by Gasteiger charge is -2.44. The second-order valence-corrected chi connectivity index (χ2v) is 21.3. The first-order valence-electron chi connectivity index (χ1n) is 14.7. The monoisotopic (exact) mass is 654 g/mol. The zero-order valence-corrected chi connectivity index (χ0v) is 29.3. The quantitative estimate of drug-likeness (QED) is 0.186. The van der Waals surface area contributed by atoms with Gasteiger partial charge >= 0.3 is 0 Å². The molecule has 2 heterocycles. The minimum Gasteiger partial charge on any atom is -0.598 e. The highest BCUT2D eigenvalue weighted by Crippen LogP contribution is 2.53.